The van der Waals surface area contributed by atoms with E-state index in [1.807, 2.05) is 0 Å². The minimum Gasteiger partial charge on any atom is -0.349 e. The molecule has 1 saturated heterocycles. The van der Waals surface area contributed by atoms with Crippen LogP contribution < -0.4 is 11.1 Å². The molecule has 3 N–H and O–H groups in total. The topological polar surface area (TPSA) is 75.4 Å². The molecule has 2 unspecified atom stereocenters. The number of hydrogen-bond acceptors (Lipinski definition) is 3. The molecule has 2 fully saturated rings. The highest BCUT2D eigenvalue weighted by atomic mass is 19.1. The second-order valence-corrected chi connectivity index (χ2v) is 7.23. The smallest absolute Gasteiger partial charge is 0.225 e. The molecule has 5 nitrogen and oxygen atoms in total. The van der Waals surface area contributed by atoms with Crippen LogP contribution in [0.4, 0.5) is 8.78 Å². The van der Waals surface area contributed by atoms with Gasteiger partial charge < -0.3 is 16.0 Å². The summed E-state index contributed by atoms with van der Waals surface area (Å²) in [6.45, 7) is 2.53. The molecule has 1 aliphatic carbocycles. The Morgan fingerprint density at radius 2 is 2.12 bits per heavy atom. The predicted octanol–water partition coefficient (Wildman–Crippen LogP) is 1.87. The molecule has 1 aliphatic heterocycles. The third-order valence-corrected chi connectivity index (χ3v) is 5.43. The summed E-state index contributed by atoms with van der Waals surface area (Å²) in [5.74, 6) is -2.01. The van der Waals surface area contributed by atoms with Crippen molar-refractivity contribution in [1.29, 1.82) is 0 Å². The first-order valence-corrected chi connectivity index (χ1v) is 8.56. The number of hydrogen-bond donors (Lipinski definition) is 2. The number of benzene rings is 1. The van der Waals surface area contributed by atoms with Gasteiger partial charge in [0.2, 0.25) is 11.8 Å². The largest absolute Gasteiger partial charge is 0.349 e. The number of halogens is 2. The molecule has 1 aromatic rings. The minimum absolute atomic E-state index is 0.0281. The van der Waals surface area contributed by atoms with Crippen molar-refractivity contribution >= 4 is 11.8 Å². The average molecular weight is 351 g/mol. The lowest BCUT2D eigenvalue weighted by molar-refractivity contribution is -0.144. The van der Waals surface area contributed by atoms with Gasteiger partial charge in [-0.1, -0.05) is 12.5 Å². The van der Waals surface area contributed by atoms with Crippen LogP contribution in [-0.4, -0.2) is 35.8 Å². The van der Waals surface area contributed by atoms with Crippen molar-refractivity contribution in [2.75, 3.05) is 13.1 Å². The fraction of sp³-hybridized carbons (Fsp3) is 0.556. The molecule has 0 radical (unpaired) electrons. The van der Waals surface area contributed by atoms with Crippen molar-refractivity contribution < 1.29 is 18.4 Å². The Morgan fingerprint density at radius 1 is 1.40 bits per heavy atom. The molecule has 3 rings (SSSR count). The van der Waals surface area contributed by atoms with E-state index in [0.29, 0.717) is 13.1 Å². The van der Waals surface area contributed by atoms with Gasteiger partial charge in [0.25, 0.3) is 0 Å². The van der Waals surface area contributed by atoms with Crippen LogP contribution in [0.1, 0.15) is 44.2 Å². The Labute approximate surface area is 145 Å². The van der Waals surface area contributed by atoms with Crippen molar-refractivity contribution in [3.63, 3.8) is 0 Å². The van der Waals surface area contributed by atoms with E-state index >= 15 is 0 Å². The van der Waals surface area contributed by atoms with Crippen LogP contribution in [0.2, 0.25) is 0 Å². The van der Waals surface area contributed by atoms with Crippen LogP contribution in [0.25, 0.3) is 0 Å². The number of carbonyl (C=O) groups is 2. The van der Waals surface area contributed by atoms with Crippen LogP contribution in [0.3, 0.4) is 0 Å². The zero-order chi connectivity index (χ0) is 18.2. The Hall–Kier alpha value is -2.02. The molecule has 1 heterocycles. The first kappa shape index (κ1) is 17.8. The van der Waals surface area contributed by atoms with Crippen LogP contribution in [-0.2, 0) is 9.59 Å². The molecule has 1 spiro atoms. The lowest BCUT2D eigenvalue weighted by atomic mass is 9.75. The van der Waals surface area contributed by atoms with Gasteiger partial charge in [0.15, 0.2) is 0 Å². The number of amides is 2. The third-order valence-electron chi connectivity index (χ3n) is 5.43. The van der Waals surface area contributed by atoms with Crippen molar-refractivity contribution in [3.05, 3.63) is 35.4 Å². The fourth-order valence-electron chi connectivity index (χ4n) is 4.02. The minimum atomic E-state index is -0.820. The highest BCUT2D eigenvalue weighted by molar-refractivity contribution is 5.80. The number of carbonyl (C=O) groups excluding carboxylic acids is 2. The summed E-state index contributed by atoms with van der Waals surface area (Å²) in [5, 5.41) is 2.59. The SMILES string of the molecule is CC(=O)NC(CC(=O)N1CC2(CCCC2N)C1)c1ccc(F)cc1F. The van der Waals surface area contributed by atoms with Gasteiger partial charge >= 0.3 is 0 Å². The van der Waals surface area contributed by atoms with E-state index < -0.39 is 17.7 Å². The van der Waals surface area contributed by atoms with Crippen molar-refractivity contribution in [3.8, 4) is 0 Å². The Kier molecular flexibility index (Phi) is 4.77. The maximum Gasteiger partial charge on any atom is 0.225 e. The van der Waals surface area contributed by atoms with E-state index in [1.165, 1.54) is 13.0 Å². The van der Waals surface area contributed by atoms with Gasteiger partial charge in [0.05, 0.1) is 12.5 Å². The van der Waals surface area contributed by atoms with Gasteiger partial charge in [0, 0.05) is 43.1 Å². The number of nitrogens with two attached hydrogens (primary N) is 1. The summed E-state index contributed by atoms with van der Waals surface area (Å²) in [6, 6.07) is 2.44. The second kappa shape index (κ2) is 6.71. The zero-order valence-electron chi connectivity index (χ0n) is 14.2. The molecule has 136 valence electrons. The molecule has 7 heteroatoms. The third kappa shape index (κ3) is 3.51. The number of rotatable bonds is 4. The summed E-state index contributed by atoms with van der Waals surface area (Å²) in [4.78, 5) is 25.7. The molecule has 2 aliphatic rings. The van der Waals surface area contributed by atoms with Crippen molar-refractivity contribution in [1.82, 2.24) is 10.2 Å². The number of likely N-dealkylation sites (tertiary alicyclic amines) is 1. The van der Waals surface area contributed by atoms with E-state index in [9.17, 15) is 18.4 Å². The molecular weight excluding hydrogens is 328 g/mol. The predicted molar refractivity (Wildman–Crippen MR) is 88.4 cm³/mol. The van der Waals surface area contributed by atoms with E-state index in [1.54, 1.807) is 4.90 Å². The molecule has 1 aromatic carbocycles. The van der Waals surface area contributed by atoms with Gasteiger partial charge in [-0.25, -0.2) is 8.78 Å². The summed E-state index contributed by atoms with van der Waals surface area (Å²) in [6.07, 6.45) is 3.03. The molecule has 0 bridgehead atoms. The molecule has 1 saturated carbocycles. The normalized spacial score (nSPS) is 22.6. The average Bonchev–Trinajstić information content (AvgIpc) is 2.86. The van der Waals surface area contributed by atoms with Crippen LogP contribution in [0.15, 0.2) is 18.2 Å². The lowest BCUT2D eigenvalue weighted by Gasteiger charge is -2.51. The molecule has 2 atom stereocenters. The van der Waals surface area contributed by atoms with Crippen molar-refractivity contribution in [2.24, 2.45) is 11.1 Å². The van der Waals surface area contributed by atoms with Gasteiger partial charge in [-0.05, 0) is 18.9 Å². The number of nitrogens with zero attached hydrogens (tertiary/aromatic N) is 1. The van der Waals surface area contributed by atoms with Gasteiger partial charge in [-0.15, -0.1) is 0 Å². The summed E-state index contributed by atoms with van der Waals surface area (Å²) in [5.41, 5.74) is 6.29. The van der Waals surface area contributed by atoms with Crippen LogP contribution >= 0.6 is 0 Å². The lowest BCUT2D eigenvalue weighted by Crippen LogP contribution is -2.63. The molecule has 0 aromatic heterocycles. The molecule has 2 amide bonds. The van der Waals surface area contributed by atoms with E-state index in [-0.39, 0.29) is 35.3 Å². The highest BCUT2D eigenvalue weighted by Crippen LogP contribution is 2.45. The molecular formula is C18H23F2N3O2. The Morgan fingerprint density at radius 3 is 2.68 bits per heavy atom. The zero-order valence-corrected chi connectivity index (χ0v) is 14.2. The Bertz CT molecular complexity index is 689. The summed E-state index contributed by atoms with van der Waals surface area (Å²) >= 11 is 0. The first-order chi connectivity index (χ1) is 11.8. The summed E-state index contributed by atoms with van der Waals surface area (Å²) < 4.78 is 27.2. The fourth-order valence-corrected chi connectivity index (χ4v) is 4.02. The standard InChI is InChI=1S/C18H23F2N3O2/c1-11(24)22-15(13-5-4-12(19)7-14(13)20)8-17(25)23-9-18(10-23)6-2-3-16(18)21/h4-5,7,15-16H,2-3,6,8-10,21H2,1H3,(H,22,24). The first-order valence-electron chi connectivity index (χ1n) is 8.56. The monoisotopic (exact) mass is 351 g/mol. The van der Waals surface area contributed by atoms with Gasteiger partial charge in [0.1, 0.15) is 11.6 Å². The van der Waals surface area contributed by atoms with Crippen molar-refractivity contribution in [2.45, 2.75) is 44.7 Å². The van der Waals surface area contributed by atoms with E-state index in [4.69, 9.17) is 5.73 Å². The quantitative estimate of drug-likeness (QED) is 0.870. The highest BCUT2D eigenvalue weighted by Gasteiger charge is 2.51. The Balaban J connectivity index is 1.68. The van der Waals surface area contributed by atoms with E-state index in [0.717, 1.165) is 31.4 Å². The van der Waals surface area contributed by atoms with Crippen LogP contribution in [0, 0.1) is 17.0 Å². The maximum absolute atomic E-state index is 14.1. The van der Waals surface area contributed by atoms with Gasteiger partial charge in [-0.2, -0.15) is 0 Å². The summed E-state index contributed by atoms with van der Waals surface area (Å²) in [7, 11) is 0. The number of nitrogens with one attached hydrogen (secondary N) is 1. The maximum atomic E-state index is 14.1. The molecule has 25 heavy (non-hydrogen) atoms. The van der Waals surface area contributed by atoms with Crippen LogP contribution in [0.5, 0.6) is 0 Å². The second-order valence-electron chi connectivity index (χ2n) is 7.23. The van der Waals surface area contributed by atoms with E-state index in [2.05, 4.69) is 5.32 Å². The van der Waals surface area contributed by atoms with Gasteiger partial charge in [-0.3, -0.25) is 9.59 Å².